The van der Waals surface area contributed by atoms with Crippen LogP contribution in [0.3, 0.4) is 0 Å². The Hall–Kier alpha value is -2.26. The number of phenolic OH excluding ortho intramolecular Hbond substituents is 1. The zero-order chi connectivity index (χ0) is 20.6. The van der Waals surface area contributed by atoms with Gasteiger partial charge >= 0.3 is 5.97 Å². The van der Waals surface area contributed by atoms with Crippen LogP contribution in [0.4, 0.5) is 0 Å². The maximum atomic E-state index is 12.6. The Morgan fingerprint density at radius 2 is 1.63 bits per heavy atom. The molecule has 150 valence electrons. The number of hydrogen-bond acceptors (Lipinski definition) is 6. The van der Waals surface area contributed by atoms with E-state index in [0.717, 1.165) is 0 Å². The first-order chi connectivity index (χ1) is 12.6. The maximum Gasteiger partial charge on any atom is 0.326 e. The van der Waals surface area contributed by atoms with E-state index < -0.39 is 35.9 Å². The monoisotopic (exact) mass is 397 g/mol. The lowest BCUT2D eigenvalue weighted by Gasteiger charge is -2.24. The molecule has 0 aliphatic heterocycles. The Balaban J connectivity index is 2.85. The van der Waals surface area contributed by atoms with Crippen LogP contribution in [0.5, 0.6) is 5.75 Å². The van der Waals surface area contributed by atoms with Gasteiger partial charge in [0.25, 0.3) is 0 Å². The molecule has 9 heteroatoms. The number of carbonyl (C=O) groups excluding carboxylic acids is 2. The van der Waals surface area contributed by atoms with Gasteiger partial charge in [-0.25, -0.2) is 4.79 Å². The van der Waals surface area contributed by atoms with Gasteiger partial charge < -0.3 is 26.6 Å². The SMILES string of the molecule is CC(C)CC(NC(=O)C(N)CS)C(=O)NC(Cc1ccc(O)cc1)C(=O)O. The molecule has 0 aromatic heterocycles. The van der Waals surface area contributed by atoms with Gasteiger partial charge in [-0.3, -0.25) is 9.59 Å². The molecule has 1 rings (SSSR count). The number of thiol groups is 1. The van der Waals surface area contributed by atoms with E-state index in [0.29, 0.717) is 12.0 Å². The molecule has 0 spiro atoms. The average molecular weight is 397 g/mol. The summed E-state index contributed by atoms with van der Waals surface area (Å²) < 4.78 is 0. The van der Waals surface area contributed by atoms with Gasteiger partial charge in [0.05, 0.1) is 6.04 Å². The van der Waals surface area contributed by atoms with Crippen LogP contribution >= 0.6 is 12.6 Å². The summed E-state index contributed by atoms with van der Waals surface area (Å²) >= 11 is 3.96. The van der Waals surface area contributed by atoms with Gasteiger partial charge in [-0.1, -0.05) is 26.0 Å². The van der Waals surface area contributed by atoms with E-state index in [1.807, 2.05) is 13.8 Å². The van der Waals surface area contributed by atoms with E-state index in [9.17, 15) is 24.6 Å². The highest BCUT2D eigenvalue weighted by atomic mass is 32.1. The second-order valence-corrected chi connectivity index (χ2v) is 7.11. The number of rotatable bonds is 10. The number of benzene rings is 1. The third-order valence-corrected chi connectivity index (χ3v) is 4.26. The molecule has 8 nitrogen and oxygen atoms in total. The molecule has 1 aromatic carbocycles. The van der Waals surface area contributed by atoms with Crippen molar-refractivity contribution in [1.82, 2.24) is 10.6 Å². The number of phenols is 1. The minimum atomic E-state index is -1.20. The number of nitrogens with one attached hydrogen (secondary N) is 2. The fourth-order valence-corrected chi connectivity index (χ4v) is 2.57. The summed E-state index contributed by atoms with van der Waals surface area (Å²) in [5.74, 6) is -2.02. The third kappa shape index (κ3) is 7.88. The summed E-state index contributed by atoms with van der Waals surface area (Å²) in [5, 5.41) is 23.8. The van der Waals surface area contributed by atoms with Crippen LogP contribution < -0.4 is 16.4 Å². The van der Waals surface area contributed by atoms with Crippen molar-refractivity contribution in [3.63, 3.8) is 0 Å². The molecular formula is C18H27N3O5S. The molecule has 0 heterocycles. The number of carbonyl (C=O) groups is 3. The van der Waals surface area contributed by atoms with E-state index in [1.54, 1.807) is 12.1 Å². The van der Waals surface area contributed by atoms with E-state index in [2.05, 4.69) is 23.3 Å². The molecule has 0 saturated heterocycles. The second kappa shape index (κ2) is 10.8. The Kier molecular flexibility index (Phi) is 9.10. The predicted molar refractivity (Wildman–Crippen MR) is 105 cm³/mol. The van der Waals surface area contributed by atoms with Crippen LogP contribution in [0.2, 0.25) is 0 Å². The van der Waals surface area contributed by atoms with Crippen LogP contribution in [0, 0.1) is 5.92 Å². The first kappa shape index (κ1) is 22.8. The third-order valence-electron chi connectivity index (χ3n) is 3.86. The second-order valence-electron chi connectivity index (χ2n) is 6.75. The Morgan fingerprint density at radius 3 is 2.11 bits per heavy atom. The molecule has 27 heavy (non-hydrogen) atoms. The number of carboxylic acid groups (broad SMARTS) is 1. The quantitative estimate of drug-likeness (QED) is 0.314. The molecule has 1 aromatic rings. The molecule has 0 saturated carbocycles. The number of amides is 2. The summed E-state index contributed by atoms with van der Waals surface area (Å²) in [6.45, 7) is 3.77. The van der Waals surface area contributed by atoms with Crippen LogP contribution in [0.25, 0.3) is 0 Å². The highest BCUT2D eigenvalue weighted by molar-refractivity contribution is 7.80. The first-order valence-electron chi connectivity index (χ1n) is 8.62. The van der Waals surface area contributed by atoms with Gasteiger partial charge in [-0.2, -0.15) is 12.6 Å². The molecule has 0 bridgehead atoms. The molecule has 0 radical (unpaired) electrons. The van der Waals surface area contributed by atoms with E-state index >= 15 is 0 Å². The topological polar surface area (TPSA) is 142 Å². The lowest BCUT2D eigenvalue weighted by atomic mass is 10.0. The molecule has 6 N–H and O–H groups in total. The van der Waals surface area contributed by atoms with Gasteiger partial charge in [0.2, 0.25) is 11.8 Å². The number of aliphatic carboxylic acids is 1. The van der Waals surface area contributed by atoms with Gasteiger partial charge in [-0.15, -0.1) is 0 Å². The standard InChI is InChI=1S/C18H27N3O5S/c1-10(2)7-14(20-16(23)13(19)9-27)17(24)21-15(18(25)26)8-11-3-5-12(22)6-4-11/h3-6,10,13-15,22,27H,7-9,19H2,1-2H3,(H,20,23)(H,21,24)(H,25,26). The fourth-order valence-electron chi connectivity index (χ4n) is 2.40. The van der Waals surface area contributed by atoms with Crippen molar-refractivity contribution in [2.24, 2.45) is 11.7 Å². The maximum absolute atomic E-state index is 12.6. The number of aromatic hydroxyl groups is 1. The highest BCUT2D eigenvalue weighted by Gasteiger charge is 2.28. The summed E-state index contributed by atoms with van der Waals surface area (Å²) in [5.41, 5.74) is 6.27. The van der Waals surface area contributed by atoms with Crippen LogP contribution in [0.1, 0.15) is 25.8 Å². The van der Waals surface area contributed by atoms with Gasteiger partial charge in [-0.05, 0) is 30.0 Å². The molecule has 3 unspecified atom stereocenters. The largest absolute Gasteiger partial charge is 0.508 e. The molecule has 0 aliphatic carbocycles. The van der Waals surface area contributed by atoms with Crippen molar-refractivity contribution in [3.05, 3.63) is 29.8 Å². The first-order valence-corrected chi connectivity index (χ1v) is 9.25. The smallest absolute Gasteiger partial charge is 0.326 e. The molecule has 2 amide bonds. The molecule has 0 fully saturated rings. The molecule has 0 aliphatic rings. The Morgan fingerprint density at radius 1 is 1.07 bits per heavy atom. The lowest BCUT2D eigenvalue weighted by molar-refractivity contribution is -0.142. The van der Waals surface area contributed by atoms with Gasteiger partial charge in [0.1, 0.15) is 17.8 Å². The zero-order valence-corrected chi connectivity index (χ0v) is 16.3. The molecular weight excluding hydrogens is 370 g/mol. The van der Waals surface area contributed by atoms with Crippen LogP contribution in [0.15, 0.2) is 24.3 Å². The highest BCUT2D eigenvalue weighted by Crippen LogP contribution is 2.12. The van der Waals surface area contributed by atoms with Crippen molar-refractivity contribution in [2.45, 2.75) is 44.8 Å². The summed E-state index contributed by atoms with van der Waals surface area (Å²) in [7, 11) is 0. The minimum Gasteiger partial charge on any atom is -0.508 e. The fraction of sp³-hybridized carbons (Fsp3) is 0.500. The Labute approximate surface area is 163 Å². The van der Waals surface area contributed by atoms with Crippen molar-refractivity contribution >= 4 is 30.4 Å². The number of nitrogens with two attached hydrogens (primary N) is 1. The number of carboxylic acids is 1. The van der Waals surface area contributed by atoms with E-state index in [-0.39, 0.29) is 23.8 Å². The normalized spacial score (nSPS) is 14.3. The zero-order valence-electron chi connectivity index (χ0n) is 15.4. The van der Waals surface area contributed by atoms with Crippen molar-refractivity contribution in [1.29, 1.82) is 0 Å². The van der Waals surface area contributed by atoms with Crippen molar-refractivity contribution in [3.8, 4) is 5.75 Å². The summed E-state index contributed by atoms with van der Waals surface area (Å²) in [6, 6.07) is 3.11. The van der Waals surface area contributed by atoms with Crippen LogP contribution in [-0.4, -0.2) is 51.9 Å². The minimum absolute atomic E-state index is 0.0415. The Bertz CT molecular complexity index is 651. The number of hydrogen-bond donors (Lipinski definition) is 6. The molecule has 3 atom stereocenters. The van der Waals surface area contributed by atoms with Crippen molar-refractivity contribution < 1.29 is 24.6 Å². The summed E-state index contributed by atoms with van der Waals surface area (Å²) in [4.78, 5) is 36.1. The lowest BCUT2D eigenvalue weighted by Crippen LogP contribution is -2.55. The van der Waals surface area contributed by atoms with Crippen LogP contribution in [-0.2, 0) is 20.8 Å². The van der Waals surface area contributed by atoms with E-state index in [4.69, 9.17) is 5.73 Å². The van der Waals surface area contributed by atoms with Gasteiger partial charge in [0, 0.05) is 12.2 Å². The van der Waals surface area contributed by atoms with Gasteiger partial charge in [0.15, 0.2) is 0 Å². The van der Waals surface area contributed by atoms with Crippen molar-refractivity contribution in [2.75, 3.05) is 5.75 Å². The predicted octanol–water partition coefficient (Wildman–Crippen LogP) is 0.292. The van der Waals surface area contributed by atoms with E-state index in [1.165, 1.54) is 12.1 Å². The average Bonchev–Trinajstić information content (AvgIpc) is 2.60. The summed E-state index contributed by atoms with van der Waals surface area (Å²) in [6.07, 6.45) is 0.377.